The van der Waals surface area contributed by atoms with E-state index in [2.05, 4.69) is 47.4 Å². The Kier molecular flexibility index (Phi) is 9.53. The molecular weight excluding hydrogens is 500 g/mol. The molecule has 204 valence electrons. The van der Waals surface area contributed by atoms with E-state index in [4.69, 9.17) is 9.47 Å². The predicted molar refractivity (Wildman–Crippen MR) is 154 cm³/mol. The number of rotatable bonds is 9. The molecule has 0 aliphatic carbocycles. The molecule has 2 aliphatic heterocycles. The summed E-state index contributed by atoms with van der Waals surface area (Å²) >= 11 is 0. The van der Waals surface area contributed by atoms with Crippen LogP contribution in [0.25, 0.3) is 10.8 Å². The molecule has 1 amide bonds. The van der Waals surface area contributed by atoms with Crippen LogP contribution in [0.2, 0.25) is 0 Å². The number of aliphatic hydroxyl groups excluding tert-OH is 1. The number of fused-ring (bicyclic) bond motifs is 2. The van der Waals surface area contributed by atoms with Gasteiger partial charge >= 0.3 is 0 Å². The number of benzene rings is 3. The van der Waals surface area contributed by atoms with Crippen LogP contribution in [0.1, 0.15) is 40.7 Å². The van der Waals surface area contributed by atoms with Crippen molar-refractivity contribution in [1.82, 2.24) is 9.80 Å². The molecule has 0 bridgehead atoms. The summed E-state index contributed by atoms with van der Waals surface area (Å²) in [6.45, 7) is 4.11. The molecule has 2 unspecified atom stereocenters. The van der Waals surface area contributed by atoms with Crippen LogP contribution < -0.4 is 9.47 Å². The molecule has 6 nitrogen and oxygen atoms in total. The minimum absolute atomic E-state index is 0. The highest BCUT2D eigenvalue weighted by Crippen LogP contribution is 2.34. The van der Waals surface area contributed by atoms with Gasteiger partial charge in [0.15, 0.2) is 11.5 Å². The van der Waals surface area contributed by atoms with E-state index >= 15 is 0 Å². The molecule has 0 radical (unpaired) electrons. The van der Waals surface area contributed by atoms with Crippen LogP contribution in [0.4, 0.5) is 0 Å². The quantitative estimate of drug-likeness (QED) is 0.416. The minimum Gasteiger partial charge on any atom is -0.493 e. The van der Waals surface area contributed by atoms with E-state index in [0.717, 1.165) is 69.4 Å². The van der Waals surface area contributed by atoms with Crippen LogP contribution in [-0.4, -0.2) is 73.9 Å². The molecule has 2 atom stereocenters. The van der Waals surface area contributed by atoms with E-state index in [0.29, 0.717) is 24.0 Å². The average molecular weight is 539 g/mol. The fourth-order valence-corrected chi connectivity index (χ4v) is 6.03. The molecule has 1 N–H and O–H groups in total. The van der Waals surface area contributed by atoms with Gasteiger partial charge in [-0.15, -0.1) is 12.4 Å². The van der Waals surface area contributed by atoms with Crippen molar-refractivity contribution in [3.63, 3.8) is 0 Å². The van der Waals surface area contributed by atoms with Crippen molar-refractivity contribution < 1.29 is 19.4 Å². The maximum atomic E-state index is 13.3. The van der Waals surface area contributed by atoms with Crippen molar-refractivity contribution in [2.75, 3.05) is 46.9 Å². The third-order valence-corrected chi connectivity index (χ3v) is 7.96. The lowest BCUT2D eigenvalue weighted by molar-refractivity contribution is 0.0564. The largest absolute Gasteiger partial charge is 0.493 e. The number of likely N-dealkylation sites (tertiary alicyclic amines) is 1. The van der Waals surface area contributed by atoms with Gasteiger partial charge in [-0.3, -0.25) is 4.79 Å². The number of ether oxygens (including phenoxy) is 2. The van der Waals surface area contributed by atoms with Crippen LogP contribution in [0.15, 0.2) is 54.6 Å². The molecule has 3 aromatic rings. The number of aryl methyl sites for hydroxylation is 1. The van der Waals surface area contributed by atoms with Crippen LogP contribution in [0.5, 0.6) is 11.5 Å². The van der Waals surface area contributed by atoms with Crippen molar-refractivity contribution >= 4 is 29.1 Å². The number of methoxy groups -OCH3 is 2. The lowest BCUT2D eigenvalue weighted by Gasteiger charge is -2.38. The molecule has 0 aromatic heterocycles. The summed E-state index contributed by atoms with van der Waals surface area (Å²) in [4.78, 5) is 17.7. The van der Waals surface area contributed by atoms with Crippen molar-refractivity contribution in [2.24, 2.45) is 5.92 Å². The number of carbonyl (C=O) groups is 1. The Bertz CT molecular complexity index is 1240. The van der Waals surface area contributed by atoms with Gasteiger partial charge in [0.1, 0.15) is 0 Å². The van der Waals surface area contributed by atoms with Crippen LogP contribution >= 0.6 is 12.4 Å². The van der Waals surface area contributed by atoms with Crippen LogP contribution in [-0.2, 0) is 12.8 Å². The van der Waals surface area contributed by atoms with Gasteiger partial charge in [-0.05, 0) is 78.6 Å². The lowest BCUT2D eigenvalue weighted by atomic mass is 9.93. The van der Waals surface area contributed by atoms with E-state index in [1.54, 1.807) is 14.2 Å². The second-order valence-corrected chi connectivity index (χ2v) is 10.5. The molecule has 1 fully saturated rings. The SMILES string of the molecule is COc1cc2c(cc1OC)C(=O)N(CC1CCCN(CC(O)CCc3cccc4ccccc34)C1)CC2.Cl. The van der Waals surface area contributed by atoms with Gasteiger partial charge in [0.25, 0.3) is 5.91 Å². The number of hydrogen-bond donors (Lipinski definition) is 1. The molecule has 3 aromatic carbocycles. The van der Waals surface area contributed by atoms with E-state index < -0.39 is 0 Å². The zero-order valence-corrected chi connectivity index (χ0v) is 23.2. The van der Waals surface area contributed by atoms with Gasteiger partial charge < -0.3 is 24.4 Å². The maximum absolute atomic E-state index is 13.3. The molecule has 0 spiro atoms. The molecule has 7 heteroatoms. The van der Waals surface area contributed by atoms with Crippen LogP contribution in [0, 0.1) is 5.92 Å². The summed E-state index contributed by atoms with van der Waals surface area (Å²) in [5.41, 5.74) is 3.05. The third-order valence-electron chi connectivity index (χ3n) is 7.96. The normalized spacial score (nSPS) is 18.6. The Balaban J connectivity index is 0.00000336. The number of halogens is 1. The summed E-state index contributed by atoms with van der Waals surface area (Å²) in [5.74, 6) is 1.77. The first-order valence-electron chi connectivity index (χ1n) is 13.5. The molecular formula is C31H39ClN2O4. The molecule has 38 heavy (non-hydrogen) atoms. The highest BCUT2D eigenvalue weighted by molar-refractivity contribution is 5.97. The van der Waals surface area contributed by atoms with E-state index in [-0.39, 0.29) is 24.4 Å². The molecule has 2 heterocycles. The first-order chi connectivity index (χ1) is 18.1. The second-order valence-electron chi connectivity index (χ2n) is 10.5. The monoisotopic (exact) mass is 538 g/mol. The van der Waals surface area contributed by atoms with Crippen molar-refractivity contribution in [3.8, 4) is 11.5 Å². The fraction of sp³-hybridized carbons (Fsp3) is 0.452. The first kappa shape index (κ1) is 28.2. The van der Waals surface area contributed by atoms with Gasteiger partial charge in [0, 0.05) is 31.7 Å². The zero-order chi connectivity index (χ0) is 25.8. The standard InChI is InChI=1S/C31H38N2O4.ClH/c1-36-29-17-25-14-16-33(31(35)28(25)18-30(29)37-2)20-22-7-6-15-32(19-22)21-26(34)13-12-24-10-5-9-23-8-3-4-11-27(23)24;/h3-5,8-11,17-18,22,26,34H,6-7,12-16,19-21H2,1-2H3;1H. The molecule has 0 saturated carbocycles. The van der Waals surface area contributed by atoms with E-state index in [1.165, 1.54) is 16.3 Å². The molecule has 1 saturated heterocycles. The topological polar surface area (TPSA) is 62.2 Å². The van der Waals surface area contributed by atoms with Crippen molar-refractivity contribution in [3.05, 3.63) is 71.3 Å². The number of amides is 1. The number of aliphatic hydroxyl groups is 1. The van der Waals surface area contributed by atoms with Gasteiger partial charge in [-0.2, -0.15) is 0 Å². The van der Waals surface area contributed by atoms with Crippen molar-refractivity contribution in [1.29, 1.82) is 0 Å². The van der Waals surface area contributed by atoms with Gasteiger partial charge in [0.05, 0.1) is 20.3 Å². The summed E-state index contributed by atoms with van der Waals surface area (Å²) in [6, 6.07) is 18.6. The smallest absolute Gasteiger partial charge is 0.254 e. The number of carbonyl (C=O) groups excluding carboxylic acids is 1. The number of nitrogens with zero attached hydrogens (tertiary/aromatic N) is 2. The summed E-state index contributed by atoms with van der Waals surface area (Å²) in [5, 5.41) is 13.4. The van der Waals surface area contributed by atoms with Crippen LogP contribution in [0.3, 0.4) is 0 Å². The Morgan fingerprint density at radius 1 is 1.03 bits per heavy atom. The predicted octanol–water partition coefficient (Wildman–Crippen LogP) is 4.98. The van der Waals surface area contributed by atoms with Crippen molar-refractivity contribution in [2.45, 2.75) is 38.2 Å². The van der Waals surface area contributed by atoms with Gasteiger partial charge in [-0.1, -0.05) is 42.5 Å². The number of hydrogen-bond acceptors (Lipinski definition) is 5. The lowest BCUT2D eigenvalue weighted by Crippen LogP contribution is -2.46. The molecule has 2 aliphatic rings. The summed E-state index contributed by atoms with van der Waals surface area (Å²) in [7, 11) is 3.22. The average Bonchev–Trinajstić information content (AvgIpc) is 2.93. The Hall–Kier alpha value is -2.80. The first-order valence-corrected chi connectivity index (χ1v) is 13.5. The summed E-state index contributed by atoms with van der Waals surface area (Å²) in [6.07, 6.45) is 4.31. The van der Waals surface area contributed by atoms with Gasteiger partial charge in [-0.25, -0.2) is 0 Å². The third kappa shape index (κ3) is 6.25. The van der Waals surface area contributed by atoms with Gasteiger partial charge in [0.2, 0.25) is 0 Å². The Labute approximate surface area is 231 Å². The Morgan fingerprint density at radius 2 is 1.79 bits per heavy atom. The number of piperidine rings is 1. The van der Waals surface area contributed by atoms with E-state index in [1.807, 2.05) is 17.0 Å². The minimum atomic E-state index is -0.358. The zero-order valence-electron chi connectivity index (χ0n) is 22.4. The highest BCUT2D eigenvalue weighted by Gasteiger charge is 2.30. The second kappa shape index (κ2) is 12.8. The summed E-state index contributed by atoms with van der Waals surface area (Å²) < 4.78 is 10.8. The fourth-order valence-electron chi connectivity index (χ4n) is 6.03. The highest BCUT2D eigenvalue weighted by atomic mass is 35.5. The maximum Gasteiger partial charge on any atom is 0.254 e. The number of β-amino-alcohol motifs (C(OH)–C–C–N with tert-alkyl or cyclic N) is 1. The molecule has 5 rings (SSSR count). The van der Waals surface area contributed by atoms with E-state index in [9.17, 15) is 9.90 Å². The Morgan fingerprint density at radius 3 is 2.61 bits per heavy atom.